The number of aliphatic hydroxyl groups is 4. The Bertz CT molecular complexity index is 237. The number of ether oxygens (including phenoxy) is 1. The molecule has 4 N–H and O–H groups in total. The highest BCUT2D eigenvalue weighted by atomic mass is 16.7. The fraction of sp³-hybridized carbons (Fsp3) is 1.00. The molecule has 1 aliphatic heterocycles. The molecular formula is C10H21NO6. The highest BCUT2D eigenvalue weighted by Gasteiger charge is 2.46. The van der Waals surface area contributed by atoms with Gasteiger partial charge in [-0.15, -0.1) is 0 Å². The molecule has 1 fully saturated rings. The van der Waals surface area contributed by atoms with Crippen LogP contribution < -0.4 is 0 Å². The third kappa shape index (κ3) is 2.94. The van der Waals surface area contributed by atoms with E-state index in [9.17, 15) is 15.3 Å². The lowest BCUT2D eigenvalue weighted by atomic mass is 9.98. The van der Waals surface area contributed by atoms with Crippen molar-refractivity contribution < 1.29 is 30.0 Å². The number of aliphatic hydroxyl groups excluding tert-OH is 4. The maximum atomic E-state index is 9.83. The van der Waals surface area contributed by atoms with Crippen LogP contribution in [-0.2, 0) is 9.57 Å². The van der Waals surface area contributed by atoms with Crippen molar-refractivity contribution >= 4 is 0 Å². The first-order valence-corrected chi connectivity index (χ1v) is 5.57. The van der Waals surface area contributed by atoms with Gasteiger partial charge >= 0.3 is 0 Å². The predicted octanol–water partition coefficient (Wildman–Crippen LogP) is -1.94. The van der Waals surface area contributed by atoms with Crippen molar-refractivity contribution in [3.8, 4) is 0 Å². The number of rotatable bonds is 4. The Balaban J connectivity index is 2.84. The molecule has 0 aromatic heterocycles. The SMILES string of the molecule is CON(C(C)C)[C@@H]1OC(CO)[C@@H](O)[C@H](O)C1O. The highest BCUT2D eigenvalue weighted by Crippen LogP contribution is 2.24. The molecular weight excluding hydrogens is 230 g/mol. The minimum atomic E-state index is -1.39. The van der Waals surface area contributed by atoms with Crippen LogP contribution in [0, 0.1) is 0 Å². The number of hydrogen-bond acceptors (Lipinski definition) is 7. The summed E-state index contributed by atoms with van der Waals surface area (Å²) in [7, 11) is 1.42. The zero-order valence-corrected chi connectivity index (χ0v) is 10.2. The molecule has 5 atom stereocenters. The van der Waals surface area contributed by atoms with Gasteiger partial charge in [-0.2, -0.15) is 5.06 Å². The monoisotopic (exact) mass is 251 g/mol. The lowest BCUT2D eigenvalue weighted by Gasteiger charge is -2.44. The summed E-state index contributed by atoms with van der Waals surface area (Å²) >= 11 is 0. The average molecular weight is 251 g/mol. The lowest BCUT2D eigenvalue weighted by Crippen LogP contribution is -2.63. The molecule has 7 nitrogen and oxygen atoms in total. The molecule has 0 amide bonds. The number of nitrogens with zero attached hydrogens (tertiary/aromatic N) is 1. The zero-order chi connectivity index (χ0) is 13.2. The average Bonchev–Trinajstić information content (AvgIpc) is 2.29. The minimum Gasteiger partial charge on any atom is -0.394 e. The van der Waals surface area contributed by atoms with Gasteiger partial charge in [-0.05, 0) is 13.8 Å². The van der Waals surface area contributed by atoms with Gasteiger partial charge in [0.05, 0.1) is 13.7 Å². The molecule has 1 aliphatic rings. The fourth-order valence-electron chi connectivity index (χ4n) is 1.90. The summed E-state index contributed by atoms with van der Waals surface area (Å²) in [5.41, 5.74) is 0. The third-order valence-corrected chi connectivity index (χ3v) is 2.84. The van der Waals surface area contributed by atoms with Gasteiger partial charge in [-0.1, -0.05) is 0 Å². The van der Waals surface area contributed by atoms with Gasteiger partial charge in [0.1, 0.15) is 24.4 Å². The second-order valence-electron chi connectivity index (χ2n) is 4.36. The summed E-state index contributed by atoms with van der Waals surface area (Å²) in [5.74, 6) is 0. The van der Waals surface area contributed by atoms with Crippen LogP contribution in [0.25, 0.3) is 0 Å². The summed E-state index contributed by atoms with van der Waals surface area (Å²) in [6.45, 7) is 3.20. The van der Waals surface area contributed by atoms with Crippen molar-refractivity contribution in [2.45, 2.75) is 50.5 Å². The first-order valence-electron chi connectivity index (χ1n) is 5.57. The van der Waals surface area contributed by atoms with Crippen LogP contribution in [0.15, 0.2) is 0 Å². The van der Waals surface area contributed by atoms with E-state index in [1.54, 1.807) is 0 Å². The fourth-order valence-corrected chi connectivity index (χ4v) is 1.90. The van der Waals surface area contributed by atoms with Crippen LogP contribution in [0.2, 0.25) is 0 Å². The van der Waals surface area contributed by atoms with Gasteiger partial charge in [-0.3, -0.25) is 4.84 Å². The summed E-state index contributed by atoms with van der Waals surface area (Å²) in [4.78, 5) is 5.07. The molecule has 17 heavy (non-hydrogen) atoms. The summed E-state index contributed by atoms with van der Waals surface area (Å²) < 4.78 is 5.34. The Morgan fingerprint density at radius 1 is 1.18 bits per heavy atom. The van der Waals surface area contributed by atoms with Crippen molar-refractivity contribution in [3.63, 3.8) is 0 Å². The van der Waals surface area contributed by atoms with E-state index in [2.05, 4.69) is 0 Å². The van der Waals surface area contributed by atoms with Gasteiger partial charge in [0, 0.05) is 6.04 Å². The first kappa shape index (κ1) is 14.8. The minimum absolute atomic E-state index is 0.0959. The molecule has 102 valence electrons. The van der Waals surface area contributed by atoms with E-state index in [1.165, 1.54) is 12.2 Å². The van der Waals surface area contributed by atoms with Crippen LogP contribution in [0.3, 0.4) is 0 Å². The smallest absolute Gasteiger partial charge is 0.162 e. The molecule has 7 heteroatoms. The Morgan fingerprint density at radius 3 is 2.18 bits per heavy atom. The van der Waals surface area contributed by atoms with Gasteiger partial charge in [0.25, 0.3) is 0 Å². The normalized spacial score (nSPS) is 39.0. The second-order valence-corrected chi connectivity index (χ2v) is 4.36. The van der Waals surface area contributed by atoms with Crippen LogP contribution >= 0.6 is 0 Å². The van der Waals surface area contributed by atoms with Gasteiger partial charge in [-0.25, -0.2) is 0 Å². The van der Waals surface area contributed by atoms with Crippen molar-refractivity contribution in [2.75, 3.05) is 13.7 Å². The predicted molar refractivity (Wildman–Crippen MR) is 57.8 cm³/mol. The molecule has 2 unspecified atom stereocenters. The maximum absolute atomic E-state index is 9.83. The van der Waals surface area contributed by atoms with Crippen molar-refractivity contribution in [1.82, 2.24) is 5.06 Å². The quantitative estimate of drug-likeness (QED) is 0.431. The van der Waals surface area contributed by atoms with Crippen molar-refractivity contribution in [2.24, 2.45) is 0 Å². The maximum Gasteiger partial charge on any atom is 0.162 e. The second kappa shape index (κ2) is 6.05. The van der Waals surface area contributed by atoms with Gasteiger partial charge in [0.2, 0.25) is 0 Å². The summed E-state index contributed by atoms with van der Waals surface area (Å²) in [5, 5.41) is 39.5. The summed E-state index contributed by atoms with van der Waals surface area (Å²) in [6.07, 6.45) is -5.90. The Morgan fingerprint density at radius 2 is 1.76 bits per heavy atom. The van der Waals surface area contributed by atoms with Crippen LogP contribution in [0.4, 0.5) is 0 Å². The van der Waals surface area contributed by atoms with Crippen LogP contribution in [-0.4, -0.2) is 75.9 Å². The molecule has 0 aromatic carbocycles. The topological polar surface area (TPSA) is 103 Å². The molecule has 0 aromatic rings. The van der Waals surface area contributed by atoms with Crippen molar-refractivity contribution in [1.29, 1.82) is 0 Å². The molecule has 0 bridgehead atoms. The third-order valence-electron chi connectivity index (χ3n) is 2.84. The van der Waals surface area contributed by atoms with Crippen LogP contribution in [0.1, 0.15) is 13.8 Å². The van der Waals surface area contributed by atoms with E-state index in [1.807, 2.05) is 13.8 Å². The highest BCUT2D eigenvalue weighted by molar-refractivity contribution is 4.91. The number of hydroxylamine groups is 2. The molecule has 0 saturated carbocycles. The van der Waals surface area contributed by atoms with E-state index in [4.69, 9.17) is 14.7 Å². The lowest BCUT2D eigenvalue weighted by molar-refractivity contribution is -0.336. The Labute approximate surface area is 100 Å². The van der Waals surface area contributed by atoms with E-state index >= 15 is 0 Å². The van der Waals surface area contributed by atoms with E-state index in [-0.39, 0.29) is 6.04 Å². The van der Waals surface area contributed by atoms with Crippen molar-refractivity contribution in [3.05, 3.63) is 0 Å². The largest absolute Gasteiger partial charge is 0.394 e. The van der Waals surface area contributed by atoms with E-state index < -0.39 is 37.3 Å². The molecule has 0 radical (unpaired) electrons. The van der Waals surface area contributed by atoms with E-state index in [0.717, 1.165) is 0 Å². The molecule has 0 spiro atoms. The molecule has 0 aliphatic carbocycles. The van der Waals surface area contributed by atoms with Gasteiger partial charge in [0.15, 0.2) is 6.23 Å². The van der Waals surface area contributed by atoms with E-state index in [0.29, 0.717) is 0 Å². The molecule has 1 heterocycles. The van der Waals surface area contributed by atoms with Gasteiger partial charge < -0.3 is 25.2 Å². The Kier molecular flexibility index (Phi) is 5.26. The molecule has 1 saturated heterocycles. The molecule has 1 rings (SSSR count). The zero-order valence-electron chi connectivity index (χ0n) is 10.2. The Hall–Kier alpha value is -0.280. The number of hydrogen-bond donors (Lipinski definition) is 4. The first-order chi connectivity index (χ1) is 7.93. The summed E-state index contributed by atoms with van der Waals surface area (Å²) in [6, 6.07) is -0.0959. The van der Waals surface area contributed by atoms with Crippen LogP contribution in [0.5, 0.6) is 0 Å². The standard InChI is InChI=1S/C10H21NO6/c1-5(2)11(16-3)10-9(15)8(14)7(13)6(4-12)17-10/h5-10,12-15H,4H2,1-3H3/t6?,7-,8+,9?,10-/m1/s1.